The maximum absolute atomic E-state index is 11.7. The van der Waals surface area contributed by atoms with Crippen molar-refractivity contribution in [2.24, 2.45) is 5.41 Å². The molecule has 92 valence electrons. The largest absolute Gasteiger partial charge is 0.384 e. The Balaban J connectivity index is 2.33. The van der Waals surface area contributed by atoms with E-state index in [1.54, 1.807) is 7.11 Å². The summed E-state index contributed by atoms with van der Waals surface area (Å²) in [5.41, 5.74) is 1.06. The Bertz CT molecular complexity index is 390. The maximum atomic E-state index is 11.7. The molecule has 0 saturated carbocycles. The van der Waals surface area contributed by atoms with Gasteiger partial charge in [-0.05, 0) is 12.0 Å². The molecule has 0 aromatic heterocycles. The number of amides is 1. The van der Waals surface area contributed by atoms with Crippen molar-refractivity contribution in [2.45, 2.75) is 25.8 Å². The molecule has 17 heavy (non-hydrogen) atoms. The third-order valence-electron chi connectivity index (χ3n) is 3.70. The summed E-state index contributed by atoms with van der Waals surface area (Å²) in [5.74, 6) is 0.123. The first-order chi connectivity index (χ1) is 8.22. The second-order valence-corrected chi connectivity index (χ2v) is 4.74. The van der Waals surface area contributed by atoms with Crippen molar-refractivity contribution in [1.29, 1.82) is 0 Å². The fraction of sp³-hybridized carbons (Fsp3) is 0.500. The van der Waals surface area contributed by atoms with Crippen LogP contribution in [0.1, 0.15) is 31.4 Å². The summed E-state index contributed by atoms with van der Waals surface area (Å²) in [5, 5.41) is 3.08. The zero-order chi connectivity index (χ0) is 12.3. The van der Waals surface area contributed by atoms with E-state index in [2.05, 4.69) is 24.4 Å². The van der Waals surface area contributed by atoms with Crippen molar-refractivity contribution >= 4 is 5.91 Å². The van der Waals surface area contributed by atoms with Crippen LogP contribution in [0.2, 0.25) is 0 Å². The van der Waals surface area contributed by atoms with Crippen LogP contribution < -0.4 is 5.32 Å². The minimum atomic E-state index is -0.104. The van der Waals surface area contributed by atoms with Gasteiger partial charge in [0.15, 0.2) is 0 Å². The van der Waals surface area contributed by atoms with Gasteiger partial charge in [-0.3, -0.25) is 4.79 Å². The lowest BCUT2D eigenvalue weighted by Gasteiger charge is -2.32. The van der Waals surface area contributed by atoms with E-state index in [-0.39, 0.29) is 17.4 Å². The van der Waals surface area contributed by atoms with Gasteiger partial charge in [0.05, 0.1) is 12.6 Å². The van der Waals surface area contributed by atoms with E-state index in [0.29, 0.717) is 13.0 Å². The molecule has 1 aromatic rings. The zero-order valence-corrected chi connectivity index (χ0v) is 10.4. The molecule has 2 unspecified atom stereocenters. The molecular formula is C14H19NO2. The number of carbonyl (C=O) groups excluding carboxylic acids is 1. The van der Waals surface area contributed by atoms with Gasteiger partial charge in [0, 0.05) is 18.9 Å². The van der Waals surface area contributed by atoms with Crippen LogP contribution in [-0.2, 0) is 9.53 Å². The van der Waals surface area contributed by atoms with E-state index >= 15 is 0 Å². The molecule has 1 aromatic carbocycles. The van der Waals surface area contributed by atoms with Gasteiger partial charge in [-0.1, -0.05) is 37.3 Å². The average molecular weight is 233 g/mol. The Morgan fingerprint density at radius 2 is 2.12 bits per heavy atom. The number of rotatable bonds is 4. The van der Waals surface area contributed by atoms with Gasteiger partial charge >= 0.3 is 0 Å². The molecular weight excluding hydrogens is 214 g/mol. The van der Waals surface area contributed by atoms with Crippen LogP contribution in [0.5, 0.6) is 0 Å². The molecule has 1 saturated heterocycles. The number of nitrogens with one attached hydrogen (secondary N) is 1. The summed E-state index contributed by atoms with van der Waals surface area (Å²) in [7, 11) is 1.70. The second kappa shape index (κ2) is 4.88. The molecule has 1 N–H and O–H groups in total. The van der Waals surface area contributed by atoms with E-state index in [1.807, 2.05) is 18.2 Å². The van der Waals surface area contributed by atoms with Crippen LogP contribution in [0.25, 0.3) is 0 Å². The van der Waals surface area contributed by atoms with Gasteiger partial charge < -0.3 is 10.1 Å². The van der Waals surface area contributed by atoms with E-state index < -0.39 is 0 Å². The Morgan fingerprint density at radius 3 is 2.71 bits per heavy atom. The molecule has 2 rings (SSSR count). The molecule has 1 aliphatic heterocycles. The third-order valence-corrected chi connectivity index (χ3v) is 3.70. The fourth-order valence-electron chi connectivity index (χ4n) is 2.72. The van der Waals surface area contributed by atoms with E-state index in [0.717, 1.165) is 12.0 Å². The number of carbonyl (C=O) groups is 1. The van der Waals surface area contributed by atoms with Crippen LogP contribution in [0.4, 0.5) is 0 Å². The Kier molecular flexibility index (Phi) is 3.48. The van der Waals surface area contributed by atoms with Crippen LogP contribution in [0, 0.1) is 5.41 Å². The van der Waals surface area contributed by atoms with Gasteiger partial charge in [-0.15, -0.1) is 0 Å². The SMILES string of the molecule is CCC1(COC)CC(=O)NC1c1ccccc1. The van der Waals surface area contributed by atoms with Crippen LogP contribution in [0.3, 0.4) is 0 Å². The molecule has 0 aliphatic carbocycles. The molecule has 1 amide bonds. The minimum absolute atomic E-state index is 0.0705. The quantitative estimate of drug-likeness (QED) is 0.866. The number of hydrogen-bond acceptors (Lipinski definition) is 2. The van der Waals surface area contributed by atoms with Crippen molar-refractivity contribution in [2.75, 3.05) is 13.7 Å². The summed E-state index contributed by atoms with van der Waals surface area (Å²) in [6, 6.07) is 10.2. The van der Waals surface area contributed by atoms with Crippen LogP contribution in [-0.4, -0.2) is 19.6 Å². The lowest BCUT2D eigenvalue weighted by Crippen LogP contribution is -2.32. The van der Waals surface area contributed by atoms with Gasteiger partial charge in [-0.2, -0.15) is 0 Å². The molecule has 0 bridgehead atoms. The van der Waals surface area contributed by atoms with Crippen molar-refractivity contribution in [3.05, 3.63) is 35.9 Å². The highest BCUT2D eigenvalue weighted by Crippen LogP contribution is 2.44. The molecule has 1 heterocycles. The van der Waals surface area contributed by atoms with Gasteiger partial charge in [0.1, 0.15) is 0 Å². The minimum Gasteiger partial charge on any atom is -0.384 e. The maximum Gasteiger partial charge on any atom is 0.221 e. The molecule has 1 aliphatic rings. The highest BCUT2D eigenvalue weighted by molar-refractivity contribution is 5.80. The first kappa shape index (κ1) is 12.1. The predicted octanol–water partition coefficient (Wildman–Crippen LogP) is 2.29. The average Bonchev–Trinajstić information content (AvgIpc) is 2.68. The number of methoxy groups -OCH3 is 1. The lowest BCUT2D eigenvalue weighted by atomic mass is 9.76. The van der Waals surface area contributed by atoms with E-state index in [1.165, 1.54) is 0 Å². The van der Waals surface area contributed by atoms with Gasteiger partial charge in [0.25, 0.3) is 0 Å². The first-order valence-electron chi connectivity index (χ1n) is 6.05. The van der Waals surface area contributed by atoms with E-state index in [4.69, 9.17) is 4.74 Å². The molecule has 1 fully saturated rings. The summed E-state index contributed by atoms with van der Waals surface area (Å²) in [4.78, 5) is 11.7. The highest BCUT2D eigenvalue weighted by Gasteiger charge is 2.46. The van der Waals surface area contributed by atoms with Crippen molar-refractivity contribution in [1.82, 2.24) is 5.32 Å². The molecule has 2 atom stereocenters. The van der Waals surface area contributed by atoms with Crippen LogP contribution in [0.15, 0.2) is 30.3 Å². The standard InChI is InChI=1S/C14H19NO2/c1-3-14(10-17-2)9-12(16)15-13(14)11-7-5-4-6-8-11/h4-8,13H,3,9-10H2,1-2H3,(H,15,16). The Hall–Kier alpha value is -1.35. The molecule has 3 nitrogen and oxygen atoms in total. The summed E-state index contributed by atoms with van der Waals surface area (Å²) >= 11 is 0. The second-order valence-electron chi connectivity index (χ2n) is 4.74. The Morgan fingerprint density at radius 1 is 1.41 bits per heavy atom. The van der Waals surface area contributed by atoms with Crippen molar-refractivity contribution < 1.29 is 9.53 Å². The normalized spacial score (nSPS) is 28.1. The summed E-state index contributed by atoms with van der Waals surface area (Å²) in [6.07, 6.45) is 1.48. The monoisotopic (exact) mass is 233 g/mol. The van der Waals surface area contributed by atoms with Gasteiger partial charge in [-0.25, -0.2) is 0 Å². The third kappa shape index (κ3) is 2.20. The number of ether oxygens (including phenoxy) is 1. The first-order valence-corrected chi connectivity index (χ1v) is 6.05. The summed E-state index contributed by atoms with van der Waals surface area (Å²) in [6.45, 7) is 2.73. The zero-order valence-electron chi connectivity index (χ0n) is 10.4. The highest BCUT2D eigenvalue weighted by atomic mass is 16.5. The predicted molar refractivity (Wildman–Crippen MR) is 66.5 cm³/mol. The van der Waals surface area contributed by atoms with Crippen molar-refractivity contribution in [3.63, 3.8) is 0 Å². The number of benzene rings is 1. The summed E-state index contributed by atoms with van der Waals surface area (Å²) < 4.78 is 5.33. The smallest absolute Gasteiger partial charge is 0.221 e. The fourth-order valence-corrected chi connectivity index (χ4v) is 2.72. The molecule has 3 heteroatoms. The van der Waals surface area contributed by atoms with E-state index in [9.17, 15) is 4.79 Å². The lowest BCUT2D eigenvalue weighted by molar-refractivity contribution is -0.120. The van der Waals surface area contributed by atoms with Crippen LogP contribution >= 0.6 is 0 Å². The molecule has 0 spiro atoms. The molecule has 0 radical (unpaired) electrons. The number of hydrogen-bond donors (Lipinski definition) is 1. The van der Waals surface area contributed by atoms with Crippen molar-refractivity contribution in [3.8, 4) is 0 Å². The van der Waals surface area contributed by atoms with Gasteiger partial charge in [0.2, 0.25) is 5.91 Å². The topological polar surface area (TPSA) is 38.3 Å². The Labute approximate surface area is 102 Å².